The molecule has 4 aromatic heterocycles. The number of piperazine rings is 1. The number of carbonyl (C=O) groups excluding carboxylic acids is 3. The Balaban J connectivity index is 0.769. The number of anilines is 2. The smallest absolute Gasteiger partial charge is 0.329 e. The highest BCUT2D eigenvalue weighted by atomic mass is 19.3. The molecule has 17 nitrogen and oxygen atoms in total. The molecule has 1 atom stereocenters. The zero-order valence-corrected chi connectivity index (χ0v) is 34.6. The maximum absolute atomic E-state index is 14.3. The van der Waals surface area contributed by atoms with Crippen molar-refractivity contribution < 1.29 is 27.9 Å². The van der Waals surface area contributed by atoms with Gasteiger partial charge in [0.1, 0.15) is 17.4 Å². The zero-order chi connectivity index (χ0) is 42.9. The summed E-state index contributed by atoms with van der Waals surface area (Å²) in [5.41, 5.74) is 1.72. The van der Waals surface area contributed by atoms with Gasteiger partial charge in [0.25, 0.3) is 12.3 Å². The Morgan fingerprint density at radius 3 is 2.60 bits per heavy atom. The van der Waals surface area contributed by atoms with E-state index in [-0.39, 0.29) is 41.7 Å². The number of fused-ring (bicyclic) bond motifs is 2. The second-order valence-electron chi connectivity index (χ2n) is 16.6. The van der Waals surface area contributed by atoms with E-state index in [1.807, 2.05) is 24.3 Å². The summed E-state index contributed by atoms with van der Waals surface area (Å²) in [7, 11) is 1.67. The first-order valence-electron chi connectivity index (χ1n) is 21.4. The molecule has 3 saturated heterocycles. The number of halogens is 2. The van der Waals surface area contributed by atoms with Gasteiger partial charge in [-0.15, -0.1) is 0 Å². The van der Waals surface area contributed by atoms with Crippen LogP contribution in [-0.2, 0) is 21.4 Å². The Labute approximate surface area is 356 Å². The number of hydrogen-bond donors (Lipinski definition) is 2. The first kappa shape index (κ1) is 41.4. The van der Waals surface area contributed by atoms with Crippen molar-refractivity contribution in [3.05, 3.63) is 70.2 Å². The minimum atomic E-state index is -2.87. The Morgan fingerprint density at radius 1 is 1.00 bits per heavy atom. The van der Waals surface area contributed by atoms with E-state index in [1.54, 1.807) is 17.9 Å². The molecule has 3 aliphatic heterocycles. The molecule has 62 heavy (non-hydrogen) atoms. The molecular formula is C43H50F2N12O5. The highest BCUT2D eigenvalue weighted by Crippen LogP contribution is 2.35. The molecule has 4 fully saturated rings. The first-order valence-corrected chi connectivity index (χ1v) is 21.4. The topological polar surface area (TPSA) is 169 Å². The minimum Gasteiger partial charge on any atom is -0.380 e. The van der Waals surface area contributed by atoms with Crippen molar-refractivity contribution in [1.82, 2.24) is 48.6 Å². The third-order valence-corrected chi connectivity index (χ3v) is 12.7. The van der Waals surface area contributed by atoms with Crippen LogP contribution in [0.3, 0.4) is 0 Å². The van der Waals surface area contributed by atoms with Crippen LogP contribution < -0.4 is 21.2 Å². The lowest BCUT2D eigenvalue weighted by atomic mass is 9.85. The molecule has 7 heterocycles. The molecule has 1 unspecified atom stereocenters. The molecule has 0 bridgehead atoms. The summed E-state index contributed by atoms with van der Waals surface area (Å²) in [6.45, 7) is 7.83. The third kappa shape index (κ3) is 8.46. The van der Waals surface area contributed by atoms with Crippen molar-refractivity contribution in [2.45, 2.75) is 63.5 Å². The molecule has 3 amide bonds. The van der Waals surface area contributed by atoms with Gasteiger partial charge in [-0.3, -0.25) is 38.4 Å². The van der Waals surface area contributed by atoms with E-state index in [0.29, 0.717) is 60.3 Å². The maximum atomic E-state index is 14.3. The van der Waals surface area contributed by atoms with Gasteiger partial charge in [0, 0.05) is 78.3 Å². The fourth-order valence-corrected chi connectivity index (χ4v) is 9.31. The number of aromatic nitrogens is 7. The van der Waals surface area contributed by atoms with Gasteiger partial charge >= 0.3 is 5.69 Å². The molecule has 326 valence electrons. The summed E-state index contributed by atoms with van der Waals surface area (Å²) in [6, 6.07) is 6.56. The van der Waals surface area contributed by atoms with Crippen LogP contribution in [0.25, 0.3) is 16.7 Å². The fraction of sp³-hybridized carbons (Fsp3) is 0.512. The minimum absolute atomic E-state index is 0.0126. The SMILES string of the molecule is Cn1c(=O)n(C2CCC(=O)NC2=O)c2cccc(C#CCN3CCN(CC4CCC(n5cc(NC(=O)c6cnn7ccc(N8CCCOCC8)nc67)c(C(F)F)n5)CC4)CC3)c21. The summed E-state index contributed by atoms with van der Waals surface area (Å²) in [4.78, 5) is 62.7. The number of imidazole rings is 1. The lowest BCUT2D eigenvalue weighted by Crippen LogP contribution is -2.48. The predicted octanol–water partition coefficient (Wildman–Crippen LogP) is 3.37. The number of rotatable bonds is 9. The van der Waals surface area contributed by atoms with Gasteiger partial charge in [-0.1, -0.05) is 17.9 Å². The van der Waals surface area contributed by atoms with E-state index in [9.17, 15) is 28.0 Å². The monoisotopic (exact) mass is 852 g/mol. The maximum Gasteiger partial charge on any atom is 0.329 e. The summed E-state index contributed by atoms with van der Waals surface area (Å²) >= 11 is 0. The van der Waals surface area contributed by atoms with Crippen molar-refractivity contribution >= 4 is 45.9 Å². The Morgan fingerprint density at radius 2 is 1.81 bits per heavy atom. The highest BCUT2D eigenvalue weighted by Gasteiger charge is 2.32. The average molecular weight is 853 g/mol. The van der Waals surface area contributed by atoms with Crippen LogP contribution in [0.4, 0.5) is 20.3 Å². The number of ether oxygens (including phenoxy) is 1. The number of para-hydroxylation sites is 1. The number of imide groups is 1. The molecule has 1 aliphatic carbocycles. The van der Waals surface area contributed by atoms with Crippen molar-refractivity contribution in [2.75, 3.05) is 75.8 Å². The van der Waals surface area contributed by atoms with Gasteiger partial charge in [-0.25, -0.2) is 23.1 Å². The number of amides is 3. The first-order chi connectivity index (χ1) is 30.1. The van der Waals surface area contributed by atoms with Gasteiger partial charge in [0.15, 0.2) is 11.3 Å². The molecule has 0 radical (unpaired) electrons. The van der Waals surface area contributed by atoms with Crippen LogP contribution >= 0.6 is 0 Å². The van der Waals surface area contributed by atoms with Crippen LogP contribution in [0.1, 0.15) is 85.1 Å². The molecule has 0 spiro atoms. The number of benzene rings is 1. The standard InChI is InChI=1S/C43H50F2N12O5/c1-51-38-29(5-2-7-33(38)57(43(51)61)34-12-13-36(58)49-42(34)60)6-3-15-52-18-20-53(21-19-52)26-28-8-10-30(11-9-28)56-27-32(37(50-56)39(44)45)47-41(59)31-25-46-55-17-14-35(48-40(31)55)54-16-4-23-62-24-22-54/h2,5,7,14,17,25,27-28,30,34,39H,4,8-13,15-16,18-24,26H2,1H3,(H,47,59)(H,49,58,60). The number of nitrogens with one attached hydrogen (secondary N) is 2. The summed E-state index contributed by atoms with van der Waals surface area (Å²) in [6.07, 6.45) is 6.61. The van der Waals surface area contributed by atoms with E-state index < -0.39 is 30.0 Å². The number of alkyl halides is 2. The lowest BCUT2D eigenvalue weighted by Gasteiger charge is -2.37. The molecule has 1 aromatic carbocycles. The van der Waals surface area contributed by atoms with Gasteiger partial charge in [0.05, 0.1) is 47.7 Å². The Hall–Kier alpha value is -5.97. The van der Waals surface area contributed by atoms with Crippen LogP contribution in [0.2, 0.25) is 0 Å². The second-order valence-corrected chi connectivity index (χ2v) is 16.6. The molecule has 19 heteroatoms. The summed E-state index contributed by atoms with van der Waals surface area (Å²) in [5.74, 6) is 6.37. The highest BCUT2D eigenvalue weighted by molar-refractivity contribution is 6.08. The molecule has 9 rings (SSSR count). The normalized spacial score (nSPS) is 21.9. The molecule has 1 saturated carbocycles. The fourth-order valence-electron chi connectivity index (χ4n) is 9.31. The van der Waals surface area contributed by atoms with E-state index in [1.165, 1.54) is 26.0 Å². The number of aryl methyl sites for hydroxylation is 1. The van der Waals surface area contributed by atoms with E-state index in [2.05, 4.69) is 47.4 Å². The van der Waals surface area contributed by atoms with E-state index in [4.69, 9.17) is 9.72 Å². The predicted molar refractivity (Wildman–Crippen MR) is 225 cm³/mol. The Kier molecular flexibility index (Phi) is 11.9. The molecular weight excluding hydrogens is 803 g/mol. The summed E-state index contributed by atoms with van der Waals surface area (Å²) < 4.78 is 40.2. The molecule has 5 aromatic rings. The van der Waals surface area contributed by atoms with Crippen LogP contribution in [-0.4, -0.2) is 127 Å². The number of piperidine rings is 1. The molecule has 2 N–H and O–H groups in total. The zero-order valence-electron chi connectivity index (χ0n) is 34.6. The number of carbonyl (C=O) groups is 3. The van der Waals surface area contributed by atoms with Crippen molar-refractivity contribution in [3.8, 4) is 11.8 Å². The Bertz CT molecular complexity index is 2600. The average Bonchev–Trinajstić information content (AvgIpc) is 3.88. The largest absolute Gasteiger partial charge is 0.380 e. The lowest BCUT2D eigenvalue weighted by molar-refractivity contribution is -0.135. The van der Waals surface area contributed by atoms with Gasteiger partial charge in [-0.05, 0) is 62.6 Å². The van der Waals surface area contributed by atoms with E-state index >= 15 is 0 Å². The van der Waals surface area contributed by atoms with Crippen molar-refractivity contribution in [1.29, 1.82) is 0 Å². The van der Waals surface area contributed by atoms with Gasteiger partial charge in [0.2, 0.25) is 11.8 Å². The van der Waals surface area contributed by atoms with Crippen LogP contribution in [0, 0.1) is 17.8 Å². The third-order valence-electron chi connectivity index (χ3n) is 12.7. The summed E-state index contributed by atoms with van der Waals surface area (Å²) in [5, 5.41) is 13.6. The van der Waals surface area contributed by atoms with Crippen molar-refractivity contribution in [3.63, 3.8) is 0 Å². The number of nitrogens with zero attached hydrogens (tertiary/aromatic N) is 10. The van der Waals surface area contributed by atoms with E-state index in [0.717, 1.165) is 71.4 Å². The van der Waals surface area contributed by atoms with Gasteiger partial charge < -0.3 is 19.9 Å². The molecule has 4 aliphatic rings. The van der Waals surface area contributed by atoms with Crippen LogP contribution in [0.15, 0.2) is 47.7 Å². The number of hydrogen-bond acceptors (Lipinski definition) is 11. The quantitative estimate of drug-likeness (QED) is 0.165. The van der Waals surface area contributed by atoms with Crippen LogP contribution in [0.5, 0.6) is 0 Å². The van der Waals surface area contributed by atoms with Crippen molar-refractivity contribution in [2.24, 2.45) is 13.0 Å². The van der Waals surface area contributed by atoms with Gasteiger partial charge in [-0.2, -0.15) is 10.2 Å². The second kappa shape index (κ2) is 17.8.